The van der Waals surface area contributed by atoms with Crippen molar-refractivity contribution in [1.29, 1.82) is 0 Å². The third kappa shape index (κ3) is 7.14. The highest BCUT2D eigenvalue weighted by Crippen LogP contribution is 2.39. The molecule has 0 spiro atoms. The summed E-state index contributed by atoms with van der Waals surface area (Å²) >= 11 is 0. The minimum absolute atomic E-state index is 0.0517. The Morgan fingerprint density at radius 1 is 1.02 bits per heavy atom. The van der Waals surface area contributed by atoms with Gasteiger partial charge in [-0.25, -0.2) is 12.8 Å². The molecule has 0 bridgehead atoms. The third-order valence-corrected chi connectivity index (χ3v) is 7.40. The zero-order valence-electron chi connectivity index (χ0n) is 21.9. The van der Waals surface area contributed by atoms with Crippen molar-refractivity contribution >= 4 is 21.4 Å². The molecule has 12 heteroatoms. The largest absolute Gasteiger partial charge is 0.491 e. The quantitative estimate of drug-likeness (QED) is 0.243. The van der Waals surface area contributed by atoms with Crippen LogP contribution in [0.15, 0.2) is 83.9 Å². The molecule has 1 atom stereocenters. The number of sulfone groups is 1. The fourth-order valence-electron chi connectivity index (χ4n) is 4.31. The summed E-state index contributed by atoms with van der Waals surface area (Å²) in [7, 11) is -3.45. The Kier molecular flexibility index (Phi) is 8.55. The highest BCUT2D eigenvalue weighted by Gasteiger charge is 2.35. The number of nitrogens with one attached hydrogen (secondary N) is 1. The minimum atomic E-state index is -4.69. The SMILES string of the molecule is Cc1c(C(=O)Nc2ccc(S(C)(=O)=O)cc2)cn(C[C@@H](O)COc2ccc(F)cc2)c1-c1ccccc1C(F)(F)F. The highest BCUT2D eigenvalue weighted by molar-refractivity contribution is 7.90. The van der Waals surface area contributed by atoms with Crippen LogP contribution in [0, 0.1) is 12.7 Å². The molecule has 0 fully saturated rings. The average molecular weight is 591 g/mol. The first-order valence-corrected chi connectivity index (χ1v) is 14.2. The number of halogens is 4. The number of aliphatic hydroxyl groups excluding tert-OH is 1. The molecule has 41 heavy (non-hydrogen) atoms. The molecular weight excluding hydrogens is 564 g/mol. The molecule has 0 saturated heterocycles. The lowest BCUT2D eigenvalue weighted by molar-refractivity contribution is -0.137. The Balaban J connectivity index is 1.67. The van der Waals surface area contributed by atoms with E-state index in [2.05, 4.69) is 5.32 Å². The van der Waals surface area contributed by atoms with Crippen LogP contribution in [0.2, 0.25) is 0 Å². The van der Waals surface area contributed by atoms with Gasteiger partial charge in [0.2, 0.25) is 0 Å². The minimum Gasteiger partial charge on any atom is -0.491 e. The molecule has 2 N–H and O–H groups in total. The Morgan fingerprint density at radius 2 is 1.66 bits per heavy atom. The smallest absolute Gasteiger partial charge is 0.417 e. The lowest BCUT2D eigenvalue weighted by Crippen LogP contribution is -2.24. The number of amides is 1. The van der Waals surface area contributed by atoms with Crippen molar-refractivity contribution in [1.82, 2.24) is 4.57 Å². The second-order valence-corrected chi connectivity index (χ2v) is 11.4. The first kappa shape index (κ1) is 29.8. The molecule has 0 aliphatic carbocycles. The summed E-state index contributed by atoms with van der Waals surface area (Å²) in [4.78, 5) is 13.3. The van der Waals surface area contributed by atoms with Gasteiger partial charge in [0, 0.05) is 23.7 Å². The molecule has 0 aliphatic heterocycles. The molecule has 1 heterocycles. The van der Waals surface area contributed by atoms with E-state index in [1.807, 2.05) is 0 Å². The van der Waals surface area contributed by atoms with Crippen LogP contribution < -0.4 is 10.1 Å². The van der Waals surface area contributed by atoms with E-state index in [-0.39, 0.29) is 46.1 Å². The zero-order chi connectivity index (χ0) is 29.9. The molecule has 4 rings (SSSR count). The summed E-state index contributed by atoms with van der Waals surface area (Å²) < 4.78 is 85.3. The molecule has 0 saturated carbocycles. The number of anilines is 1. The van der Waals surface area contributed by atoms with Crippen molar-refractivity contribution in [2.24, 2.45) is 0 Å². The number of aliphatic hydroxyl groups is 1. The molecule has 216 valence electrons. The van der Waals surface area contributed by atoms with E-state index < -0.39 is 39.4 Å². The van der Waals surface area contributed by atoms with Crippen molar-refractivity contribution in [2.75, 3.05) is 18.2 Å². The molecule has 3 aromatic carbocycles. The second kappa shape index (κ2) is 11.8. The normalized spacial score (nSPS) is 12.7. The van der Waals surface area contributed by atoms with Gasteiger partial charge in [0.1, 0.15) is 24.3 Å². The Bertz CT molecular complexity index is 1650. The molecule has 1 aromatic heterocycles. The first-order chi connectivity index (χ1) is 19.2. The lowest BCUT2D eigenvalue weighted by atomic mass is 10.00. The Hall–Kier alpha value is -4.16. The Labute approximate surface area is 233 Å². The van der Waals surface area contributed by atoms with Crippen LogP contribution in [0.1, 0.15) is 21.5 Å². The van der Waals surface area contributed by atoms with E-state index in [9.17, 15) is 35.9 Å². The van der Waals surface area contributed by atoms with Gasteiger partial charge >= 0.3 is 6.18 Å². The maximum absolute atomic E-state index is 13.9. The van der Waals surface area contributed by atoms with E-state index in [1.54, 1.807) is 0 Å². The molecule has 0 unspecified atom stereocenters. The predicted octanol–water partition coefficient (Wildman–Crippen LogP) is 5.72. The van der Waals surface area contributed by atoms with Crippen LogP contribution in [0.4, 0.5) is 23.2 Å². The fraction of sp³-hybridized carbons (Fsp3) is 0.207. The fourth-order valence-corrected chi connectivity index (χ4v) is 4.94. The van der Waals surface area contributed by atoms with Gasteiger partial charge in [-0.05, 0) is 67.1 Å². The maximum Gasteiger partial charge on any atom is 0.417 e. The average Bonchev–Trinajstić information content (AvgIpc) is 3.23. The van der Waals surface area contributed by atoms with Crippen molar-refractivity contribution < 1.29 is 40.6 Å². The van der Waals surface area contributed by atoms with Crippen LogP contribution in [0.25, 0.3) is 11.3 Å². The van der Waals surface area contributed by atoms with Crippen LogP contribution >= 0.6 is 0 Å². The van der Waals surface area contributed by atoms with Crippen molar-refractivity contribution in [3.63, 3.8) is 0 Å². The van der Waals surface area contributed by atoms with E-state index in [0.717, 1.165) is 12.3 Å². The lowest BCUT2D eigenvalue weighted by Gasteiger charge is -2.18. The number of hydrogen-bond donors (Lipinski definition) is 2. The van der Waals surface area contributed by atoms with Gasteiger partial charge in [0.25, 0.3) is 5.91 Å². The predicted molar refractivity (Wildman–Crippen MR) is 145 cm³/mol. The van der Waals surface area contributed by atoms with E-state index in [4.69, 9.17) is 4.74 Å². The summed E-state index contributed by atoms with van der Waals surface area (Å²) in [6, 6.07) is 15.5. The Morgan fingerprint density at radius 3 is 2.27 bits per heavy atom. The summed E-state index contributed by atoms with van der Waals surface area (Å²) in [6.07, 6.45) is -3.50. The van der Waals surface area contributed by atoms with Gasteiger partial charge < -0.3 is 19.7 Å². The molecule has 1 amide bonds. The molecule has 7 nitrogen and oxygen atoms in total. The van der Waals surface area contributed by atoms with Crippen molar-refractivity contribution in [3.8, 4) is 17.0 Å². The molecule has 0 radical (unpaired) electrons. The van der Waals surface area contributed by atoms with E-state index in [1.165, 1.54) is 84.4 Å². The summed E-state index contributed by atoms with van der Waals surface area (Å²) in [6.45, 7) is 1.03. The van der Waals surface area contributed by atoms with Crippen molar-refractivity contribution in [3.05, 3.63) is 102 Å². The monoisotopic (exact) mass is 590 g/mol. The summed E-state index contributed by atoms with van der Waals surface area (Å²) in [5.41, 5.74) is -0.450. The number of aromatic nitrogens is 1. The number of ether oxygens (including phenoxy) is 1. The molecular formula is C29H26F4N2O5S. The maximum atomic E-state index is 13.9. The van der Waals surface area contributed by atoms with Crippen LogP contribution in [-0.4, -0.2) is 43.0 Å². The highest BCUT2D eigenvalue weighted by atomic mass is 32.2. The van der Waals surface area contributed by atoms with Gasteiger partial charge in [0.15, 0.2) is 9.84 Å². The van der Waals surface area contributed by atoms with Crippen molar-refractivity contribution in [2.45, 2.75) is 30.6 Å². The van der Waals surface area contributed by atoms with E-state index in [0.29, 0.717) is 5.75 Å². The number of carbonyl (C=O) groups excluding carboxylic acids is 1. The molecule has 0 aliphatic rings. The van der Waals surface area contributed by atoms with Crippen LogP contribution in [-0.2, 0) is 22.6 Å². The van der Waals surface area contributed by atoms with Gasteiger partial charge in [-0.3, -0.25) is 4.79 Å². The van der Waals surface area contributed by atoms with Crippen LogP contribution in [0.3, 0.4) is 0 Å². The number of hydrogen-bond acceptors (Lipinski definition) is 5. The number of alkyl halides is 3. The zero-order valence-corrected chi connectivity index (χ0v) is 22.8. The van der Waals surface area contributed by atoms with Crippen LogP contribution in [0.5, 0.6) is 5.75 Å². The number of benzene rings is 3. The molecule has 4 aromatic rings. The first-order valence-electron chi connectivity index (χ1n) is 12.3. The summed E-state index contributed by atoms with van der Waals surface area (Å²) in [5, 5.41) is 13.3. The third-order valence-electron chi connectivity index (χ3n) is 6.27. The standard InChI is InChI=1S/C29H26F4N2O5S/c1-18-25(28(37)34-20-9-13-23(14-10-20)41(2,38)39)16-35(15-21(36)17-40-22-11-7-19(30)8-12-22)27(18)24-5-3-4-6-26(24)29(31,32)33/h3-14,16,21,36H,15,17H2,1-2H3,(H,34,37)/t21-/m1/s1. The second-order valence-electron chi connectivity index (χ2n) is 9.38. The van der Waals surface area contributed by atoms with Gasteiger partial charge in [0.05, 0.1) is 28.3 Å². The number of nitrogens with zero attached hydrogens (tertiary/aromatic N) is 1. The number of rotatable bonds is 9. The topological polar surface area (TPSA) is 97.6 Å². The summed E-state index contributed by atoms with van der Waals surface area (Å²) in [5.74, 6) is -0.819. The van der Waals surface area contributed by atoms with E-state index >= 15 is 0 Å². The van der Waals surface area contributed by atoms with Gasteiger partial charge in [-0.1, -0.05) is 18.2 Å². The van der Waals surface area contributed by atoms with Gasteiger partial charge in [-0.15, -0.1) is 0 Å². The van der Waals surface area contributed by atoms with Gasteiger partial charge in [-0.2, -0.15) is 13.2 Å². The number of carbonyl (C=O) groups is 1.